The van der Waals surface area contributed by atoms with Crippen LogP contribution in [0.1, 0.15) is 36.3 Å². The van der Waals surface area contributed by atoms with Gasteiger partial charge in [-0.3, -0.25) is 4.90 Å². The highest BCUT2D eigenvalue weighted by Crippen LogP contribution is 2.21. The van der Waals surface area contributed by atoms with Crippen LogP contribution in [0.25, 0.3) is 0 Å². The molecule has 0 saturated carbocycles. The number of hydrogen-bond donors (Lipinski definition) is 2. The second-order valence-electron chi connectivity index (χ2n) is 6.35. The molecule has 1 fully saturated rings. The van der Waals surface area contributed by atoms with E-state index in [9.17, 15) is 8.42 Å². The smallest absolute Gasteiger partial charge is 0.244 e. The minimum absolute atomic E-state index is 0. The normalized spacial score (nSPS) is 19.7. The third-order valence-corrected chi connectivity index (χ3v) is 5.86. The maximum atomic E-state index is 12.5. The van der Waals surface area contributed by atoms with Gasteiger partial charge in [0.05, 0.1) is 17.0 Å². The van der Waals surface area contributed by atoms with Gasteiger partial charge >= 0.3 is 0 Å². The molecule has 2 N–H and O–H groups in total. The Morgan fingerprint density at radius 1 is 1.35 bits per heavy atom. The fourth-order valence-corrected chi connectivity index (χ4v) is 3.92. The van der Waals surface area contributed by atoms with Crippen molar-refractivity contribution in [2.75, 3.05) is 26.7 Å². The minimum Gasteiger partial charge on any atom is -0.338 e. The lowest BCUT2D eigenvalue weighted by Gasteiger charge is -2.30. The first-order valence-corrected chi connectivity index (χ1v) is 9.68. The number of benzene rings is 1. The van der Waals surface area contributed by atoms with Gasteiger partial charge in [-0.15, -0.1) is 12.4 Å². The van der Waals surface area contributed by atoms with Crippen molar-refractivity contribution in [3.8, 4) is 0 Å². The summed E-state index contributed by atoms with van der Waals surface area (Å²) in [5.74, 6) is 0.816. The van der Waals surface area contributed by atoms with Crippen LogP contribution in [-0.4, -0.2) is 50.1 Å². The lowest BCUT2D eigenvalue weighted by atomic mass is 10.2. The maximum absolute atomic E-state index is 12.5. The van der Waals surface area contributed by atoms with E-state index in [0.29, 0.717) is 5.82 Å². The Labute approximate surface area is 159 Å². The summed E-state index contributed by atoms with van der Waals surface area (Å²) < 4.78 is 32.8. The van der Waals surface area contributed by atoms with Crippen LogP contribution in [0.2, 0.25) is 0 Å². The predicted octanol–water partition coefficient (Wildman–Crippen LogP) is 1.42. The van der Waals surface area contributed by atoms with Crippen molar-refractivity contribution >= 4 is 22.4 Å². The molecule has 1 aliphatic rings. The number of rotatable bonds is 5. The monoisotopic (exact) mass is 401 g/mol. The van der Waals surface area contributed by atoms with Crippen LogP contribution in [0.3, 0.4) is 0 Å². The molecule has 2 heterocycles. The highest BCUT2D eigenvalue weighted by molar-refractivity contribution is 7.89. The van der Waals surface area contributed by atoms with E-state index < -0.39 is 16.1 Å². The number of nitrogens with zero attached hydrogens (tertiary/aromatic N) is 3. The van der Waals surface area contributed by atoms with E-state index in [4.69, 9.17) is 4.52 Å². The highest BCUT2D eigenvalue weighted by atomic mass is 35.5. The predicted molar refractivity (Wildman–Crippen MR) is 99.7 cm³/mol. The lowest BCUT2D eigenvalue weighted by Crippen LogP contribution is -2.44. The molecule has 0 amide bonds. The standard InChI is InChI=1S/C16H23N5O3S.ClH/c1-11-4-6-13(7-5-11)25(22,23)20-12(2)16-18-15(19-24-16)14-10-17-8-9-21(14)3;/h4-7,12,14,17,20H,8-10H2,1-3H3;1H. The summed E-state index contributed by atoms with van der Waals surface area (Å²) >= 11 is 0. The quantitative estimate of drug-likeness (QED) is 0.781. The first-order valence-electron chi connectivity index (χ1n) is 8.20. The molecule has 26 heavy (non-hydrogen) atoms. The largest absolute Gasteiger partial charge is 0.338 e. The molecule has 1 aliphatic heterocycles. The number of aromatic nitrogens is 2. The van der Waals surface area contributed by atoms with Gasteiger partial charge in [-0.25, -0.2) is 8.42 Å². The fourth-order valence-electron chi connectivity index (χ4n) is 2.72. The molecular weight excluding hydrogens is 378 g/mol. The molecule has 144 valence electrons. The number of aryl methyl sites for hydroxylation is 1. The summed E-state index contributed by atoms with van der Waals surface area (Å²) in [6, 6.07) is 6.08. The van der Waals surface area contributed by atoms with Crippen molar-refractivity contribution in [3.63, 3.8) is 0 Å². The van der Waals surface area contributed by atoms with Crippen molar-refractivity contribution in [2.24, 2.45) is 0 Å². The zero-order chi connectivity index (χ0) is 18.0. The Morgan fingerprint density at radius 3 is 2.69 bits per heavy atom. The van der Waals surface area contributed by atoms with Crippen molar-refractivity contribution in [3.05, 3.63) is 41.5 Å². The Balaban J connectivity index is 0.00000243. The second kappa shape index (κ2) is 8.45. The van der Waals surface area contributed by atoms with E-state index in [1.807, 2.05) is 14.0 Å². The van der Waals surface area contributed by atoms with Crippen LogP contribution >= 0.6 is 12.4 Å². The van der Waals surface area contributed by atoms with Gasteiger partial charge in [0.25, 0.3) is 0 Å². The molecule has 1 aromatic heterocycles. The third kappa shape index (κ3) is 4.60. The van der Waals surface area contributed by atoms with Crippen molar-refractivity contribution < 1.29 is 12.9 Å². The molecule has 3 rings (SSSR count). The van der Waals surface area contributed by atoms with Gasteiger partial charge < -0.3 is 9.84 Å². The number of halogens is 1. The SMILES string of the molecule is Cc1ccc(S(=O)(=O)NC(C)c2nc(C3CNCCN3C)no2)cc1.Cl. The average molecular weight is 402 g/mol. The molecule has 2 aromatic rings. The van der Waals surface area contributed by atoms with E-state index in [1.54, 1.807) is 31.2 Å². The van der Waals surface area contributed by atoms with Crippen molar-refractivity contribution in [1.82, 2.24) is 25.1 Å². The summed E-state index contributed by atoms with van der Waals surface area (Å²) in [5.41, 5.74) is 0.999. The van der Waals surface area contributed by atoms with Crippen molar-refractivity contribution in [1.29, 1.82) is 0 Å². The Morgan fingerprint density at radius 2 is 2.04 bits per heavy atom. The molecule has 1 aromatic carbocycles. The number of sulfonamides is 1. The number of nitrogens with one attached hydrogen (secondary N) is 2. The number of hydrogen-bond acceptors (Lipinski definition) is 7. The zero-order valence-corrected chi connectivity index (χ0v) is 16.6. The Kier molecular flexibility index (Phi) is 6.75. The van der Waals surface area contributed by atoms with Crippen LogP contribution in [-0.2, 0) is 10.0 Å². The van der Waals surface area contributed by atoms with E-state index in [2.05, 4.69) is 25.1 Å². The summed E-state index contributed by atoms with van der Waals surface area (Å²) in [7, 11) is -1.65. The third-order valence-electron chi connectivity index (χ3n) is 4.30. The molecule has 1 saturated heterocycles. The number of piperazine rings is 1. The van der Waals surface area contributed by atoms with Gasteiger partial charge in [0.1, 0.15) is 0 Å². The first-order chi connectivity index (χ1) is 11.9. The van der Waals surface area contributed by atoms with Gasteiger partial charge in [-0.05, 0) is 33.0 Å². The molecule has 2 atom stereocenters. The topological polar surface area (TPSA) is 100 Å². The molecule has 0 radical (unpaired) electrons. The summed E-state index contributed by atoms with van der Waals surface area (Å²) in [4.78, 5) is 6.74. The molecule has 2 unspecified atom stereocenters. The Bertz CT molecular complexity index is 825. The second-order valence-corrected chi connectivity index (χ2v) is 8.06. The van der Waals surface area contributed by atoms with E-state index in [0.717, 1.165) is 25.2 Å². The van der Waals surface area contributed by atoms with Crippen LogP contribution < -0.4 is 10.0 Å². The molecule has 0 bridgehead atoms. The fraction of sp³-hybridized carbons (Fsp3) is 0.500. The first kappa shape index (κ1) is 20.8. The molecule has 10 heteroatoms. The molecular formula is C16H24ClN5O3S. The summed E-state index contributed by atoms with van der Waals surface area (Å²) in [5, 5.41) is 7.31. The van der Waals surface area contributed by atoms with Crippen molar-refractivity contribution in [2.45, 2.75) is 30.8 Å². The van der Waals surface area contributed by atoms with Gasteiger partial charge in [-0.2, -0.15) is 9.71 Å². The molecule has 8 nitrogen and oxygen atoms in total. The molecule has 0 aliphatic carbocycles. The van der Waals surface area contributed by atoms with Gasteiger partial charge in [-0.1, -0.05) is 22.9 Å². The average Bonchev–Trinajstić information content (AvgIpc) is 3.05. The lowest BCUT2D eigenvalue weighted by molar-refractivity contribution is 0.190. The summed E-state index contributed by atoms with van der Waals surface area (Å²) in [6.45, 7) is 6.14. The van der Waals surface area contributed by atoms with Gasteiger partial charge in [0, 0.05) is 19.6 Å². The van der Waals surface area contributed by atoms with Crippen LogP contribution in [0.4, 0.5) is 0 Å². The van der Waals surface area contributed by atoms with E-state index in [-0.39, 0.29) is 29.2 Å². The zero-order valence-electron chi connectivity index (χ0n) is 15.0. The van der Waals surface area contributed by atoms with Gasteiger partial charge in [0.2, 0.25) is 15.9 Å². The van der Waals surface area contributed by atoms with Crippen LogP contribution in [0, 0.1) is 6.92 Å². The van der Waals surface area contributed by atoms with Crippen LogP contribution in [0.5, 0.6) is 0 Å². The van der Waals surface area contributed by atoms with Gasteiger partial charge in [0.15, 0.2) is 5.82 Å². The van der Waals surface area contributed by atoms with Crippen LogP contribution in [0.15, 0.2) is 33.7 Å². The highest BCUT2D eigenvalue weighted by Gasteiger charge is 2.28. The van der Waals surface area contributed by atoms with E-state index >= 15 is 0 Å². The number of likely N-dealkylation sites (N-methyl/N-ethyl adjacent to an activating group) is 1. The maximum Gasteiger partial charge on any atom is 0.244 e. The summed E-state index contributed by atoms with van der Waals surface area (Å²) in [6.07, 6.45) is 0. The minimum atomic E-state index is -3.65. The molecule has 0 spiro atoms. The Hall–Kier alpha value is -1.52. The van der Waals surface area contributed by atoms with E-state index in [1.165, 1.54) is 0 Å².